The first-order valence-corrected chi connectivity index (χ1v) is 8.59. The number of fused-ring (bicyclic) bond motifs is 2. The van der Waals surface area contributed by atoms with Crippen LogP contribution < -0.4 is 10.1 Å². The fourth-order valence-corrected chi connectivity index (χ4v) is 4.35. The van der Waals surface area contributed by atoms with Crippen LogP contribution >= 0.6 is 11.6 Å². The van der Waals surface area contributed by atoms with Crippen LogP contribution in [0.1, 0.15) is 38.2 Å². The molecule has 0 heterocycles. The second-order valence-corrected chi connectivity index (χ2v) is 7.32. The fourth-order valence-electron chi connectivity index (χ4n) is 4.17. The minimum Gasteiger partial charge on any atom is -0.482 e. The number of ether oxygens (including phenoxy) is 1. The standard InChI is InChI=1S/C18H24ClNO2/c1-11-3-6-16(19)17(7-11)22-10-18(21)20-12(2)15-9-13-4-5-14(15)8-13/h3,6-7,12-15H,4-5,8-10H2,1-2H3,(H,20,21)/t12-,13+,14+,15-/m1/s1. The maximum Gasteiger partial charge on any atom is 0.258 e. The number of aryl methyl sites for hydroxylation is 1. The van der Waals surface area contributed by atoms with Crippen LogP contribution in [0.15, 0.2) is 18.2 Å². The van der Waals surface area contributed by atoms with E-state index in [1.807, 2.05) is 19.1 Å². The number of halogens is 1. The van der Waals surface area contributed by atoms with Crippen molar-refractivity contribution in [1.82, 2.24) is 5.32 Å². The number of carbonyl (C=O) groups excluding carboxylic acids is 1. The van der Waals surface area contributed by atoms with E-state index < -0.39 is 0 Å². The Morgan fingerprint density at radius 2 is 2.23 bits per heavy atom. The van der Waals surface area contributed by atoms with Crippen molar-refractivity contribution in [2.45, 2.75) is 45.6 Å². The molecule has 1 amide bonds. The molecule has 1 aromatic rings. The Hall–Kier alpha value is -1.22. The summed E-state index contributed by atoms with van der Waals surface area (Å²) in [7, 11) is 0. The van der Waals surface area contributed by atoms with Gasteiger partial charge < -0.3 is 10.1 Å². The Labute approximate surface area is 137 Å². The molecule has 2 saturated carbocycles. The largest absolute Gasteiger partial charge is 0.482 e. The average Bonchev–Trinajstić information content (AvgIpc) is 3.11. The van der Waals surface area contributed by atoms with Gasteiger partial charge in [0.25, 0.3) is 5.91 Å². The molecule has 2 fully saturated rings. The van der Waals surface area contributed by atoms with Crippen molar-refractivity contribution in [2.75, 3.05) is 6.61 Å². The maximum atomic E-state index is 12.1. The number of amides is 1. The van der Waals surface area contributed by atoms with Crippen molar-refractivity contribution in [3.05, 3.63) is 28.8 Å². The van der Waals surface area contributed by atoms with E-state index in [-0.39, 0.29) is 18.6 Å². The van der Waals surface area contributed by atoms with Gasteiger partial charge in [0.1, 0.15) is 5.75 Å². The van der Waals surface area contributed by atoms with Gasteiger partial charge in [0.05, 0.1) is 5.02 Å². The average molecular weight is 322 g/mol. The smallest absolute Gasteiger partial charge is 0.258 e. The zero-order chi connectivity index (χ0) is 15.7. The first-order chi connectivity index (χ1) is 10.5. The summed E-state index contributed by atoms with van der Waals surface area (Å²) in [5.41, 5.74) is 1.06. The number of benzene rings is 1. The van der Waals surface area contributed by atoms with E-state index in [9.17, 15) is 4.79 Å². The van der Waals surface area contributed by atoms with E-state index in [1.165, 1.54) is 25.7 Å². The van der Waals surface area contributed by atoms with Crippen molar-refractivity contribution < 1.29 is 9.53 Å². The highest BCUT2D eigenvalue weighted by molar-refractivity contribution is 6.32. The van der Waals surface area contributed by atoms with E-state index in [4.69, 9.17) is 16.3 Å². The minimum atomic E-state index is -0.0622. The zero-order valence-corrected chi connectivity index (χ0v) is 14.0. The van der Waals surface area contributed by atoms with Gasteiger partial charge >= 0.3 is 0 Å². The summed E-state index contributed by atoms with van der Waals surface area (Å²) >= 11 is 6.08. The van der Waals surface area contributed by atoms with Crippen LogP contribution in [0.5, 0.6) is 5.75 Å². The molecule has 0 saturated heterocycles. The summed E-state index contributed by atoms with van der Waals surface area (Å²) in [5, 5.41) is 3.65. The van der Waals surface area contributed by atoms with Crippen LogP contribution in [0.2, 0.25) is 5.02 Å². The molecule has 2 aliphatic carbocycles. The van der Waals surface area contributed by atoms with Crippen LogP contribution in [0, 0.1) is 24.7 Å². The number of rotatable bonds is 5. The Morgan fingerprint density at radius 3 is 2.91 bits per heavy atom. The minimum absolute atomic E-state index is 0.0222. The molecular formula is C18H24ClNO2. The normalized spacial score (nSPS) is 27.7. The topological polar surface area (TPSA) is 38.3 Å². The summed E-state index contributed by atoms with van der Waals surface area (Å²) in [5.74, 6) is 2.87. The highest BCUT2D eigenvalue weighted by Crippen LogP contribution is 2.49. The van der Waals surface area contributed by atoms with Crippen LogP contribution in [0.3, 0.4) is 0 Å². The molecule has 0 aliphatic heterocycles. The van der Waals surface area contributed by atoms with E-state index in [1.54, 1.807) is 6.07 Å². The van der Waals surface area contributed by atoms with E-state index in [0.29, 0.717) is 16.7 Å². The molecule has 2 bridgehead atoms. The molecular weight excluding hydrogens is 298 g/mol. The molecule has 0 radical (unpaired) electrons. The van der Waals surface area contributed by atoms with Crippen molar-refractivity contribution in [1.29, 1.82) is 0 Å². The molecule has 4 heteroatoms. The zero-order valence-electron chi connectivity index (χ0n) is 13.3. The van der Waals surface area contributed by atoms with Gasteiger partial charge in [-0.25, -0.2) is 0 Å². The van der Waals surface area contributed by atoms with Gasteiger partial charge in [-0.2, -0.15) is 0 Å². The van der Waals surface area contributed by atoms with Crippen molar-refractivity contribution in [3.8, 4) is 5.75 Å². The third kappa shape index (κ3) is 3.40. The van der Waals surface area contributed by atoms with Gasteiger partial charge in [-0.1, -0.05) is 24.1 Å². The van der Waals surface area contributed by atoms with Gasteiger partial charge in [0.2, 0.25) is 0 Å². The molecule has 0 unspecified atom stereocenters. The monoisotopic (exact) mass is 321 g/mol. The third-order valence-corrected chi connectivity index (χ3v) is 5.58. The second kappa shape index (κ2) is 6.49. The molecule has 3 rings (SSSR count). The first kappa shape index (κ1) is 15.7. The van der Waals surface area contributed by atoms with E-state index >= 15 is 0 Å². The fraction of sp³-hybridized carbons (Fsp3) is 0.611. The van der Waals surface area contributed by atoms with Gasteiger partial charge in [-0.3, -0.25) is 4.79 Å². The molecule has 120 valence electrons. The lowest BCUT2D eigenvalue weighted by Gasteiger charge is -2.28. The van der Waals surface area contributed by atoms with Gasteiger partial charge in [0.15, 0.2) is 6.61 Å². The molecule has 1 N–H and O–H groups in total. The Bertz CT molecular complexity index is 560. The molecule has 3 nitrogen and oxygen atoms in total. The number of nitrogens with one attached hydrogen (secondary N) is 1. The predicted molar refractivity (Wildman–Crippen MR) is 88.2 cm³/mol. The molecule has 22 heavy (non-hydrogen) atoms. The summed E-state index contributed by atoms with van der Waals surface area (Å²) in [6, 6.07) is 5.81. The third-order valence-electron chi connectivity index (χ3n) is 5.27. The lowest BCUT2D eigenvalue weighted by molar-refractivity contribution is -0.124. The van der Waals surface area contributed by atoms with E-state index in [0.717, 1.165) is 17.4 Å². The SMILES string of the molecule is Cc1ccc(Cl)c(OCC(=O)N[C@H](C)[C@H]2C[C@H]3CC[C@H]2C3)c1. The highest BCUT2D eigenvalue weighted by atomic mass is 35.5. The summed E-state index contributed by atoms with van der Waals surface area (Å²) in [4.78, 5) is 12.1. The molecule has 1 aromatic carbocycles. The summed E-state index contributed by atoms with van der Waals surface area (Å²) in [6.45, 7) is 4.12. The van der Waals surface area contributed by atoms with Gasteiger partial charge in [0, 0.05) is 6.04 Å². The number of hydrogen-bond acceptors (Lipinski definition) is 2. The van der Waals surface area contributed by atoms with Crippen molar-refractivity contribution in [3.63, 3.8) is 0 Å². The lowest BCUT2D eigenvalue weighted by atomic mass is 9.84. The Morgan fingerprint density at radius 1 is 1.41 bits per heavy atom. The second-order valence-electron chi connectivity index (χ2n) is 6.92. The predicted octanol–water partition coefficient (Wildman–Crippen LogP) is 3.97. The van der Waals surface area contributed by atoms with Gasteiger partial charge in [-0.15, -0.1) is 0 Å². The van der Waals surface area contributed by atoms with Crippen LogP contribution in [0.4, 0.5) is 0 Å². The lowest BCUT2D eigenvalue weighted by Crippen LogP contribution is -2.42. The molecule has 0 spiro atoms. The van der Waals surface area contributed by atoms with Crippen molar-refractivity contribution in [2.24, 2.45) is 17.8 Å². The highest BCUT2D eigenvalue weighted by Gasteiger charge is 2.42. The Balaban J connectivity index is 1.49. The van der Waals surface area contributed by atoms with Crippen molar-refractivity contribution >= 4 is 17.5 Å². The first-order valence-electron chi connectivity index (χ1n) is 8.21. The quantitative estimate of drug-likeness (QED) is 0.891. The Kier molecular flexibility index (Phi) is 4.62. The number of carbonyl (C=O) groups is 1. The van der Waals surface area contributed by atoms with Crippen LogP contribution in [0.25, 0.3) is 0 Å². The summed E-state index contributed by atoms with van der Waals surface area (Å²) in [6.07, 6.45) is 5.36. The van der Waals surface area contributed by atoms with Crippen LogP contribution in [-0.2, 0) is 4.79 Å². The number of hydrogen-bond donors (Lipinski definition) is 1. The van der Waals surface area contributed by atoms with Crippen LogP contribution in [-0.4, -0.2) is 18.6 Å². The summed E-state index contributed by atoms with van der Waals surface area (Å²) < 4.78 is 5.56. The molecule has 0 aromatic heterocycles. The van der Waals surface area contributed by atoms with Gasteiger partial charge in [-0.05, 0) is 68.6 Å². The molecule has 2 aliphatic rings. The van der Waals surface area contributed by atoms with E-state index in [2.05, 4.69) is 12.2 Å². The maximum absolute atomic E-state index is 12.1. The molecule has 4 atom stereocenters.